The van der Waals surface area contributed by atoms with Gasteiger partial charge in [0, 0.05) is 29.0 Å². The molecule has 0 spiro atoms. The number of nitriles is 1. The Morgan fingerprint density at radius 1 is 1.43 bits per heavy atom. The van der Waals surface area contributed by atoms with E-state index in [1.165, 1.54) is 11.3 Å². The highest BCUT2D eigenvalue weighted by atomic mass is 32.1. The fraction of sp³-hybridized carbons (Fsp3) is 0.333. The Balaban J connectivity index is 1.67. The minimum absolute atomic E-state index is 0.0189. The Hall–Kier alpha value is -2.98. The molecule has 0 bridgehead atoms. The van der Waals surface area contributed by atoms with Crippen molar-refractivity contribution in [2.45, 2.75) is 32.6 Å². The average Bonchev–Trinajstić information content (AvgIpc) is 3.38. The van der Waals surface area contributed by atoms with Crippen LogP contribution in [0.5, 0.6) is 0 Å². The number of aryl methyl sites for hydroxylation is 1. The Bertz CT molecular complexity index is 1170. The third kappa shape index (κ3) is 3.32. The third-order valence-electron chi connectivity index (χ3n) is 4.96. The molecule has 0 saturated heterocycles. The van der Waals surface area contributed by atoms with Gasteiger partial charge < -0.3 is 4.74 Å². The number of hydrogen-bond donors (Lipinski definition) is 0. The van der Waals surface area contributed by atoms with Crippen LogP contribution in [0.2, 0.25) is 0 Å². The Morgan fingerprint density at radius 3 is 3.00 bits per heavy atom. The van der Waals surface area contributed by atoms with Crippen molar-refractivity contribution in [3.05, 3.63) is 68.1 Å². The first-order valence-electron chi connectivity index (χ1n) is 9.19. The minimum atomic E-state index is -0.193. The van der Waals surface area contributed by atoms with Gasteiger partial charge in [0.25, 0.3) is 5.56 Å². The molecule has 4 rings (SSSR count). The molecule has 0 aliphatic heterocycles. The number of carbonyl (C=O) groups is 1. The normalized spacial score (nSPS) is 18.0. The van der Waals surface area contributed by atoms with Crippen LogP contribution < -0.4 is 5.56 Å². The van der Waals surface area contributed by atoms with E-state index in [-0.39, 0.29) is 23.4 Å². The highest BCUT2D eigenvalue weighted by molar-refractivity contribution is 7.17. The van der Waals surface area contributed by atoms with Crippen LogP contribution in [0.25, 0.3) is 4.96 Å². The van der Waals surface area contributed by atoms with Crippen molar-refractivity contribution in [2.75, 3.05) is 6.61 Å². The molecular weight excluding hydrogens is 374 g/mol. The van der Waals surface area contributed by atoms with Gasteiger partial charge in [0.15, 0.2) is 4.96 Å². The molecule has 2 aromatic heterocycles. The molecule has 1 aliphatic rings. The maximum atomic E-state index is 12.8. The first-order chi connectivity index (χ1) is 13.5. The number of nitrogens with zero attached hydrogens (tertiary/aromatic N) is 3. The van der Waals surface area contributed by atoms with Crippen molar-refractivity contribution in [3.8, 4) is 6.07 Å². The molecule has 1 saturated carbocycles. The lowest BCUT2D eigenvalue weighted by Gasteiger charge is -2.05. The van der Waals surface area contributed by atoms with Crippen molar-refractivity contribution in [3.63, 3.8) is 0 Å². The van der Waals surface area contributed by atoms with Crippen LogP contribution >= 0.6 is 11.3 Å². The topological polar surface area (TPSA) is 84.5 Å². The van der Waals surface area contributed by atoms with E-state index >= 15 is 0 Å². The number of aromatic nitrogens is 2. The lowest BCUT2D eigenvalue weighted by Crippen LogP contribution is -2.17. The van der Waals surface area contributed by atoms with Crippen LogP contribution in [-0.4, -0.2) is 22.0 Å². The molecule has 3 aromatic rings. The molecule has 2 heterocycles. The number of esters is 1. The highest BCUT2D eigenvalue weighted by Crippen LogP contribution is 2.50. The molecular formula is C21H19N3O3S. The van der Waals surface area contributed by atoms with E-state index in [0.29, 0.717) is 35.7 Å². The Kier molecular flexibility index (Phi) is 4.73. The summed E-state index contributed by atoms with van der Waals surface area (Å²) in [5.41, 5.74) is 2.95. The molecule has 0 amide bonds. The molecule has 1 fully saturated rings. The van der Waals surface area contributed by atoms with Gasteiger partial charge in [-0.25, -0.2) is 4.98 Å². The summed E-state index contributed by atoms with van der Waals surface area (Å²) in [5.74, 6) is -0.344. The molecule has 1 aliphatic carbocycles. The molecule has 2 unspecified atom stereocenters. The van der Waals surface area contributed by atoms with Gasteiger partial charge in [-0.05, 0) is 38.0 Å². The predicted molar refractivity (Wildman–Crippen MR) is 106 cm³/mol. The molecule has 28 heavy (non-hydrogen) atoms. The van der Waals surface area contributed by atoms with Gasteiger partial charge in [-0.3, -0.25) is 14.0 Å². The number of ether oxygens (including phenoxy) is 1. The van der Waals surface area contributed by atoms with Gasteiger partial charge >= 0.3 is 5.97 Å². The zero-order valence-electron chi connectivity index (χ0n) is 15.6. The minimum Gasteiger partial charge on any atom is -0.466 e. The standard InChI is InChI=1S/C21H19N3O3S/c1-3-27-20(26)17-10-16(17)19-12(2)28-21-23-15(9-18(25)24(19)21)8-13-5-4-6-14(7-13)11-22/h4-7,9,16-17H,3,8,10H2,1-2H3. The second-order valence-electron chi connectivity index (χ2n) is 6.94. The molecule has 7 heteroatoms. The van der Waals surface area contributed by atoms with Crippen LogP contribution in [0, 0.1) is 24.2 Å². The second-order valence-corrected chi connectivity index (χ2v) is 8.12. The van der Waals surface area contributed by atoms with E-state index in [1.54, 1.807) is 23.5 Å². The first-order valence-corrected chi connectivity index (χ1v) is 10.0. The summed E-state index contributed by atoms with van der Waals surface area (Å²) in [4.78, 5) is 31.2. The molecule has 0 radical (unpaired) electrons. The van der Waals surface area contributed by atoms with Gasteiger partial charge in [0.2, 0.25) is 0 Å². The first kappa shape index (κ1) is 18.4. The summed E-state index contributed by atoms with van der Waals surface area (Å²) < 4.78 is 6.76. The fourth-order valence-electron chi connectivity index (χ4n) is 3.63. The van der Waals surface area contributed by atoms with Crippen LogP contribution in [-0.2, 0) is 16.0 Å². The quantitative estimate of drug-likeness (QED) is 0.622. The number of fused-ring (bicyclic) bond motifs is 1. The number of benzene rings is 1. The van der Waals surface area contributed by atoms with Crippen molar-refractivity contribution >= 4 is 22.3 Å². The Morgan fingerprint density at radius 2 is 2.25 bits per heavy atom. The van der Waals surface area contributed by atoms with E-state index in [0.717, 1.165) is 16.1 Å². The molecule has 0 N–H and O–H groups in total. The lowest BCUT2D eigenvalue weighted by molar-refractivity contribution is -0.144. The van der Waals surface area contributed by atoms with Crippen molar-refractivity contribution in [2.24, 2.45) is 5.92 Å². The van der Waals surface area contributed by atoms with Gasteiger partial charge in [0.1, 0.15) is 0 Å². The van der Waals surface area contributed by atoms with Crippen LogP contribution in [0.3, 0.4) is 0 Å². The summed E-state index contributed by atoms with van der Waals surface area (Å²) in [6.45, 7) is 4.12. The molecule has 1 aromatic carbocycles. The van der Waals surface area contributed by atoms with Crippen LogP contribution in [0.1, 0.15) is 46.7 Å². The summed E-state index contributed by atoms with van der Waals surface area (Å²) in [6.07, 6.45) is 1.20. The highest BCUT2D eigenvalue weighted by Gasteiger charge is 2.47. The van der Waals surface area contributed by atoms with Crippen LogP contribution in [0.15, 0.2) is 35.1 Å². The van der Waals surface area contributed by atoms with Crippen LogP contribution in [0.4, 0.5) is 0 Å². The van der Waals surface area contributed by atoms with E-state index in [4.69, 9.17) is 10.00 Å². The summed E-state index contributed by atoms with van der Waals surface area (Å²) >= 11 is 1.47. The zero-order chi connectivity index (χ0) is 19.8. The van der Waals surface area contributed by atoms with E-state index in [1.807, 2.05) is 25.1 Å². The molecule has 2 atom stereocenters. The number of rotatable bonds is 5. The average molecular weight is 393 g/mol. The van der Waals surface area contributed by atoms with Crippen molar-refractivity contribution in [1.82, 2.24) is 9.38 Å². The molecule has 142 valence electrons. The van der Waals surface area contributed by atoms with Gasteiger partial charge in [-0.2, -0.15) is 5.26 Å². The van der Waals surface area contributed by atoms with Gasteiger partial charge in [-0.15, -0.1) is 11.3 Å². The number of thiazole rings is 1. The summed E-state index contributed by atoms with van der Waals surface area (Å²) in [7, 11) is 0. The van der Waals surface area contributed by atoms with Gasteiger partial charge in [0.05, 0.1) is 29.9 Å². The third-order valence-corrected chi connectivity index (χ3v) is 5.93. The number of carbonyl (C=O) groups excluding carboxylic acids is 1. The second kappa shape index (κ2) is 7.21. The predicted octanol–water partition coefficient (Wildman–Crippen LogP) is 3.19. The summed E-state index contributed by atoms with van der Waals surface area (Å²) in [5, 5.41) is 9.05. The fourth-order valence-corrected chi connectivity index (χ4v) is 4.69. The maximum absolute atomic E-state index is 12.8. The smallest absolute Gasteiger partial charge is 0.309 e. The largest absolute Gasteiger partial charge is 0.466 e. The van der Waals surface area contributed by atoms with Crippen molar-refractivity contribution < 1.29 is 9.53 Å². The Labute approximate surface area is 166 Å². The van der Waals surface area contributed by atoms with E-state index < -0.39 is 0 Å². The monoisotopic (exact) mass is 393 g/mol. The lowest BCUT2D eigenvalue weighted by atomic mass is 10.1. The zero-order valence-corrected chi connectivity index (χ0v) is 16.5. The van der Waals surface area contributed by atoms with Gasteiger partial charge in [-0.1, -0.05) is 12.1 Å². The van der Waals surface area contributed by atoms with E-state index in [9.17, 15) is 9.59 Å². The van der Waals surface area contributed by atoms with E-state index in [2.05, 4.69) is 11.1 Å². The van der Waals surface area contributed by atoms with Crippen molar-refractivity contribution in [1.29, 1.82) is 5.26 Å². The summed E-state index contributed by atoms with van der Waals surface area (Å²) in [6, 6.07) is 11.0. The molecule has 6 nitrogen and oxygen atoms in total. The SMILES string of the molecule is CCOC(=O)C1CC1c1c(C)sc2nc(Cc3cccc(C#N)c3)cc(=O)n12. The maximum Gasteiger partial charge on any atom is 0.309 e. The number of hydrogen-bond acceptors (Lipinski definition) is 6.